The third kappa shape index (κ3) is 9.71. The fourth-order valence-electron chi connectivity index (χ4n) is 9.24. The SMILES string of the molecule is CC(C)(C)[Si](C)(C)O[C@@H](CNCCc1ccc2c(c1)CCN(CCN1C[C@H]3C[C@H](OC(=O)Nc4ccccc4-c4ccccc4)C[C@H]3C1)C2=O)c1ccc(O)c2c1OCC(=O)N2. The molecule has 0 unspecified atom stereocenters. The summed E-state index contributed by atoms with van der Waals surface area (Å²) in [5.41, 5.74) is 6.90. The van der Waals surface area contributed by atoms with Gasteiger partial charge in [0.25, 0.3) is 11.8 Å². The summed E-state index contributed by atoms with van der Waals surface area (Å²) in [7, 11) is -2.22. The van der Waals surface area contributed by atoms with Crippen LogP contribution in [0.1, 0.15) is 66.8 Å². The van der Waals surface area contributed by atoms with Crippen LogP contribution in [0.3, 0.4) is 0 Å². The molecule has 12 nitrogen and oxygen atoms in total. The molecule has 4 N–H and O–H groups in total. The first-order valence-corrected chi connectivity index (χ1v) is 25.1. The normalized spacial score (nSPS) is 20.5. The van der Waals surface area contributed by atoms with E-state index in [2.05, 4.69) is 66.8 Å². The standard InChI is InChI=1S/C49H61N5O7Si/c1-49(2,3)62(4,5)61-43(40-17-18-42(55)45-46(40)59-31-44(56)52-45)28-50-21-19-32-15-16-39-34(25-32)20-22-54(47(39)57)24-23-53-29-35-26-37(27-36(35)30-53)60-48(58)51-41-14-10-9-13-38(41)33-11-7-6-8-12-33/h6-18,25,35-37,43,50,55H,19-24,26-31H2,1-5H3,(H,51,58)(H,52,56)/t35-,36+,37+,43-/m0/s1. The van der Waals surface area contributed by atoms with Crippen molar-refractivity contribution in [1.29, 1.82) is 0 Å². The van der Waals surface area contributed by atoms with Crippen molar-refractivity contribution in [1.82, 2.24) is 15.1 Å². The van der Waals surface area contributed by atoms with Gasteiger partial charge in [-0.25, -0.2) is 4.79 Å². The lowest BCUT2D eigenvalue weighted by molar-refractivity contribution is -0.118. The zero-order valence-corrected chi connectivity index (χ0v) is 37.7. The number of carbonyl (C=O) groups is 3. The Morgan fingerprint density at radius 2 is 1.69 bits per heavy atom. The molecule has 4 aliphatic rings. The third-order valence-electron chi connectivity index (χ3n) is 13.6. The second kappa shape index (κ2) is 18.3. The zero-order valence-electron chi connectivity index (χ0n) is 36.7. The monoisotopic (exact) mass is 859 g/mol. The van der Waals surface area contributed by atoms with Crippen molar-refractivity contribution in [2.24, 2.45) is 11.8 Å². The van der Waals surface area contributed by atoms with E-state index in [9.17, 15) is 19.5 Å². The maximum atomic E-state index is 13.7. The van der Waals surface area contributed by atoms with Crippen LogP contribution in [0.25, 0.3) is 11.1 Å². The van der Waals surface area contributed by atoms with E-state index in [-0.39, 0.29) is 47.1 Å². The lowest BCUT2D eigenvalue weighted by Gasteiger charge is -2.40. The van der Waals surface area contributed by atoms with Gasteiger partial charge in [-0.15, -0.1) is 0 Å². The number of fused-ring (bicyclic) bond motifs is 3. The molecular weight excluding hydrogens is 799 g/mol. The summed E-state index contributed by atoms with van der Waals surface area (Å²) in [6.07, 6.45) is 2.50. The molecular formula is C49H61N5O7Si. The minimum Gasteiger partial charge on any atom is -0.506 e. The highest BCUT2D eigenvalue weighted by molar-refractivity contribution is 6.74. The number of ether oxygens (including phenoxy) is 2. The Balaban J connectivity index is 0.794. The summed E-state index contributed by atoms with van der Waals surface area (Å²) in [5, 5.41) is 19.8. The Labute approximate surface area is 366 Å². The van der Waals surface area contributed by atoms with Gasteiger partial charge in [0.05, 0.1) is 11.8 Å². The highest BCUT2D eigenvalue weighted by Gasteiger charge is 2.43. The van der Waals surface area contributed by atoms with E-state index < -0.39 is 14.4 Å². The number of anilines is 2. The van der Waals surface area contributed by atoms with E-state index in [0.717, 1.165) is 78.8 Å². The molecule has 0 bridgehead atoms. The fourth-order valence-corrected chi connectivity index (χ4v) is 10.5. The number of amides is 3. The number of hydrogen-bond donors (Lipinski definition) is 4. The van der Waals surface area contributed by atoms with Crippen molar-refractivity contribution in [3.63, 3.8) is 0 Å². The molecule has 1 aliphatic carbocycles. The van der Waals surface area contributed by atoms with Gasteiger partial charge in [0.1, 0.15) is 17.5 Å². The average molecular weight is 860 g/mol. The largest absolute Gasteiger partial charge is 0.506 e. The second-order valence-corrected chi connectivity index (χ2v) is 23.6. The Morgan fingerprint density at radius 3 is 2.45 bits per heavy atom. The van der Waals surface area contributed by atoms with Gasteiger partial charge in [-0.05, 0) is 103 Å². The zero-order chi connectivity index (χ0) is 43.6. The lowest BCUT2D eigenvalue weighted by atomic mass is 9.95. The number of nitrogens with one attached hydrogen (secondary N) is 3. The molecule has 62 heavy (non-hydrogen) atoms. The van der Waals surface area contributed by atoms with E-state index in [4.69, 9.17) is 13.9 Å². The van der Waals surface area contributed by atoms with Crippen LogP contribution in [0.15, 0.2) is 84.9 Å². The molecule has 328 valence electrons. The van der Waals surface area contributed by atoms with Crippen LogP contribution in [-0.2, 0) is 26.8 Å². The number of phenolic OH excluding ortho intramolecular Hbond substituents is 1. The first-order chi connectivity index (χ1) is 29.7. The van der Waals surface area contributed by atoms with Gasteiger partial charge in [0, 0.05) is 56.0 Å². The minimum atomic E-state index is -2.22. The molecule has 3 heterocycles. The van der Waals surface area contributed by atoms with Crippen molar-refractivity contribution in [3.8, 4) is 22.6 Å². The minimum absolute atomic E-state index is 0.0270. The van der Waals surface area contributed by atoms with Crippen LogP contribution in [0.4, 0.5) is 16.2 Å². The van der Waals surface area contributed by atoms with E-state index in [1.54, 1.807) is 6.07 Å². The Kier molecular flexibility index (Phi) is 12.8. The molecule has 1 saturated carbocycles. The van der Waals surface area contributed by atoms with Gasteiger partial charge in [-0.1, -0.05) is 81.4 Å². The van der Waals surface area contributed by atoms with E-state index >= 15 is 0 Å². The number of rotatable bonds is 14. The van der Waals surface area contributed by atoms with E-state index in [1.165, 1.54) is 5.56 Å². The average Bonchev–Trinajstić information content (AvgIpc) is 3.80. The molecule has 4 aromatic carbocycles. The van der Waals surface area contributed by atoms with Gasteiger partial charge in [0.2, 0.25) is 0 Å². The summed E-state index contributed by atoms with van der Waals surface area (Å²) < 4.78 is 18.7. The maximum absolute atomic E-state index is 13.7. The summed E-state index contributed by atoms with van der Waals surface area (Å²) in [6, 6.07) is 27.5. The van der Waals surface area contributed by atoms with Crippen LogP contribution in [0, 0.1) is 11.8 Å². The highest BCUT2D eigenvalue weighted by Crippen LogP contribution is 2.46. The smallest absolute Gasteiger partial charge is 0.411 e. The highest BCUT2D eigenvalue weighted by atomic mass is 28.4. The summed E-state index contributed by atoms with van der Waals surface area (Å²) in [4.78, 5) is 43.2. The van der Waals surface area contributed by atoms with Gasteiger partial charge in [0.15, 0.2) is 20.7 Å². The van der Waals surface area contributed by atoms with Gasteiger partial charge < -0.3 is 39.4 Å². The molecule has 0 aromatic heterocycles. The topological polar surface area (TPSA) is 142 Å². The number of benzene rings is 4. The lowest BCUT2D eigenvalue weighted by Crippen LogP contribution is -2.44. The van der Waals surface area contributed by atoms with Gasteiger partial charge in [-0.2, -0.15) is 0 Å². The summed E-state index contributed by atoms with van der Waals surface area (Å²) in [5.74, 6) is 1.19. The first-order valence-electron chi connectivity index (χ1n) is 22.1. The van der Waals surface area contributed by atoms with Gasteiger partial charge in [-0.3, -0.25) is 14.9 Å². The molecule has 3 aliphatic heterocycles. The Hall–Kier alpha value is -5.21. The number of aromatic hydroxyl groups is 1. The Morgan fingerprint density at radius 1 is 0.952 bits per heavy atom. The van der Waals surface area contributed by atoms with E-state index in [0.29, 0.717) is 43.8 Å². The molecule has 1 saturated heterocycles. The van der Waals surface area contributed by atoms with Crippen LogP contribution < -0.4 is 20.7 Å². The third-order valence-corrected chi connectivity index (χ3v) is 18.1. The molecule has 3 amide bonds. The van der Waals surface area contributed by atoms with Crippen molar-refractivity contribution >= 4 is 37.6 Å². The first kappa shape index (κ1) is 43.4. The molecule has 0 radical (unpaired) electrons. The van der Waals surface area contributed by atoms with Crippen molar-refractivity contribution in [2.75, 3.05) is 63.1 Å². The van der Waals surface area contributed by atoms with Gasteiger partial charge >= 0.3 is 6.09 Å². The van der Waals surface area contributed by atoms with E-state index in [1.807, 2.05) is 71.6 Å². The predicted octanol–water partition coefficient (Wildman–Crippen LogP) is 8.24. The van der Waals surface area contributed by atoms with Crippen LogP contribution in [-0.4, -0.2) is 99.7 Å². The fraction of sp³-hybridized carbons (Fsp3) is 0.449. The molecule has 13 heteroatoms. The Bertz CT molecular complexity index is 2270. The molecule has 4 aromatic rings. The van der Waals surface area contributed by atoms with Crippen LogP contribution in [0.5, 0.6) is 11.5 Å². The van der Waals surface area contributed by atoms with Crippen molar-refractivity contribution < 1.29 is 33.4 Å². The molecule has 8 rings (SSSR count). The number of nitrogens with zero attached hydrogens (tertiary/aromatic N) is 2. The maximum Gasteiger partial charge on any atom is 0.411 e. The summed E-state index contributed by atoms with van der Waals surface area (Å²) in [6.45, 7) is 16.3. The predicted molar refractivity (Wildman–Crippen MR) is 244 cm³/mol. The van der Waals surface area contributed by atoms with Crippen LogP contribution >= 0.6 is 0 Å². The number of carbonyl (C=O) groups excluding carboxylic acids is 3. The summed E-state index contributed by atoms with van der Waals surface area (Å²) >= 11 is 0. The van der Waals surface area contributed by atoms with Crippen molar-refractivity contribution in [3.05, 3.63) is 107 Å². The number of likely N-dealkylation sites (tertiary alicyclic amines) is 1. The molecule has 4 atom stereocenters. The van der Waals surface area contributed by atoms with Crippen molar-refractivity contribution in [2.45, 2.75) is 76.8 Å². The second-order valence-electron chi connectivity index (χ2n) is 18.9. The number of phenols is 1. The quantitative estimate of drug-likeness (QED) is 0.0561. The molecule has 2 fully saturated rings. The molecule has 0 spiro atoms. The number of para-hydroxylation sites is 1. The van der Waals surface area contributed by atoms with Crippen LogP contribution in [0.2, 0.25) is 18.1 Å². The number of hydrogen-bond acceptors (Lipinski definition) is 9.